The van der Waals surface area contributed by atoms with Crippen molar-refractivity contribution in [1.82, 2.24) is 9.97 Å². The number of pyridine rings is 2. The second-order valence-corrected chi connectivity index (χ2v) is 15.5. The first-order chi connectivity index (χ1) is 31.4. The van der Waals surface area contributed by atoms with Crippen LogP contribution in [0.4, 0.5) is 34.1 Å². The van der Waals surface area contributed by atoms with Crippen LogP contribution in [0.3, 0.4) is 0 Å². The maximum atomic E-state index is 12.1. The highest BCUT2D eigenvalue weighted by molar-refractivity contribution is 5.80. The average molecular weight is 843 g/mol. The lowest BCUT2D eigenvalue weighted by molar-refractivity contribution is -0.144. The van der Waals surface area contributed by atoms with Gasteiger partial charge in [-0.05, 0) is 127 Å². The number of anilines is 6. The molecular formula is C56H50N4O4. The van der Waals surface area contributed by atoms with E-state index in [0.717, 1.165) is 85.3 Å². The number of carbonyl (C=O) groups excluding carboxylic acids is 2. The van der Waals surface area contributed by atoms with Crippen molar-refractivity contribution in [3.05, 3.63) is 206 Å². The maximum Gasteiger partial charge on any atom is 0.306 e. The first-order valence-corrected chi connectivity index (χ1v) is 21.6. The molecule has 2 heterocycles. The largest absolute Gasteiger partial charge is 0.463 e. The van der Waals surface area contributed by atoms with Gasteiger partial charge in [0.25, 0.3) is 0 Å². The van der Waals surface area contributed by atoms with Crippen molar-refractivity contribution >= 4 is 45.9 Å². The van der Waals surface area contributed by atoms with Gasteiger partial charge in [-0.15, -0.1) is 0 Å². The highest BCUT2D eigenvalue weighted by Crippen LogP contribution is 2.37. The Labute approximate surface area is 375 Å². The topological polar surface area (TPSA) is 84.9 Å². The van der Waals surface area contributed by atoms with Gasteiger partial charge in [0.2, 0.25) is 0 Å². The van der Waals surface area contributed by atoms with Crippen LogP contribution in [0.5, 0.6) is 0 Å². The summed E-state index contributed by atoms with van der Waals surface area (Å²) in [6.07, 6.45) is 6.02. The van der Waals surface area contributed by atoms with E-state index < -0.39 is 0 Å². The van der Waals surface area contributed by atoms with E-state index >= 15 is 0 Å². The Bertz CT molecular complexity index is 2730. The molecule has 318 valence electrons. The van der Waals surface area contributed by atoms with Crippen LogP contribution in [0.15, 0.2) is 194 Å². The lowest BCUT2D eigenvalue weighted by Crippen LogP contribution is -2.11. The minimum Gasteiger partial charge on any atom is -0.463 e. The molecule has 0 unspecified atom stereocenters. The fourth-order valence-electron chi connectivity index (χ4n) is 7.59. The molecule has 0 saturated carbocycles. The summed E-state index contributed by atoms with van der Waals surface area (Å²) in [7, 11) is 1.59. The summed E-state index contributed by atoms with van der Waals surface area (Å²) in [5.74, 6) is -0.0246. The molecular weight excluding hydrogens is 793 g/mol. The quantitative estimate of drug-likeness (QED) is 0.0624. The molecule has 6 aromatic carbocycles. The molecule has 8 heteroatoms. The summed E-state index contributed by atoms with van der Waals surface area (Å²) in [5, 5.41) is 0. The molecule has 0 N–H and O–H groups in total. The third kappa shape index (κ3) is 10.8. The predicted molar refractivity (Wildman–Crippen MR) is 258 cm³/mol. The zero-order valence-electron chi connectivity index (χ0n) is 36.1. The van der Waals surface area contributed by atoms with Gasteiger partial charge in [-0.25, -0.2) is 0 Å². The number of para-hydroxylation sites is 2. The fraction of sp³-hybridized carbons (Fsp3) is 0.143. The number of aryl methyl sites for hydroxylation is 2. The van der Waals surface area contributed by atoms with E-state index in [9.17, 15) is 9.59 Å². The molecule has 0 fully saturated rings. The van der Waals surface area contributed by atoms with Gasteiger partial charge in [0.15, 0.2) is 0 Å². The van der Waals surface area contributed by atoms with Crippen LogP contribution in [-0.4, -0.2) is 42.0 Å². The van der Waals surface area contributed by atoms with Gasteiger partial charge in [0, 0.05) is 77.6 Å². The van der Waals surface area contributed by atoms with Crippen LogP contribution in [-0.2, 0) is 31.9 Å². The molecule has 0 radical (unpaired) electrons. The van der Waals surface area contributed by atoms with Crippen LogP contribution in [0.1, 0.15) is 30.9 Å². The van der Waals surface area contributed by atoms with Crippen molar-refractivity contribution < 1.29 is 19.1 Å². The Kier molecular flexibility index (Phi) is 14.1. The highest BCUT2D eigenvalue weighted by Gasteiger charge is 2.15. The van der Waals surface area contributed by atoms with E-state index in [1.165, 1.54) is 0 Å². The van der Waals surface area contributed by atoms with Crippen LogP contribution >= 0.6 is 0 Å². The number of Topliss-reactive ketones (excluding diaryl/α,β-unsaturated/α-hetero) is 1. The molecule has 0 atom stereocenters. The summed E-state index contributed by atoms with van der Waals surface area (Å²) < 4.78 is 10.2. The van der Waals surface area contributed by atoms with Gasteiger partial charge in [-0.1, -0.05) is 97.1 Å². The second kappa shape index (κ2) is 20.9. The smallest absolute Gasteiger partial charge is 0.306 e. The molecule has 0 bridgehead atoms. The average Bonchev–Trinajstić information content (AvgIpc) is 3.35. The van der Waals surface area contributed by atoms with E-state index in [1.54, 1.807) is 14.0 Å². The Balaban J connectivity index is 0.935. The number of benzene rings is 6. The van der Waals surface area contributed by atoms with Gasteiger partial charge < -0.3 is 24.1 Å². The lowest BCUT2D eigenvalue weighted by Gasteiger charge is -2.26. The number of esters is 1. The van der Waals surface area contributed by atoms with E-state index in [4.69, 9.17) is 19.4 Å². The summed E-state index contributed by atoms with van der Waals surface area (Å²) >= 11 is 0. The molecule has 0 amide bonds. The summed E-state index contributed by atoms with van der Waals surface area (Å²) in [6, 6.07) is 62.7. The van der Waals surface area contributed by atoms with E-state index in [0.29, 0.717) is 25.9 Å². The standard InChI is InChI=1S/C56H50N4O4/c1-41(61)13-14-42-15-26-50(27-16-42)59(48-9-5-3-6-10-48)52-30-20-44(21-31-52)46-24-34-54(57-39-46)55-35-25-47(40-58-55)45-22-32-53(33-23-45)60(49-11-7-4-8-12-49)51-28-17-43(18-29-51)19-36-56(62)64-38-37-63-2/h3-12,15-18,20-35,39-40H,13-14,19,36-38H2,1-2H3. The lowest BCUT2D eigenvalue weighted by atomic mass is 10.0. The Morgan fingerprint density at radius 1 is 0.438 bits per heavy atom. The highest BCUT2D eigenvalue weighted by atomic mass is 16.6. The van der Waals surface area contributed by atoms with E-state index in [-0.39, 0.29) is 18.4 Å². The first-order valence-electron chi connectivity index (χ1n) is 21.6. The number of ether oxygens (including phenoxy) is 2. The van der Waals surface area contributed by atoms with Crippen molar-refractivity contribution in [3.8, 4) is 33.6 Å². The van der Waals surface area contributed by atoms with Crippen LogP contribution in [0, 0.1) is 0 Å². The van der Waals surface area contributed by atoms with Crippen LogP contribution < -0.4 is 9.80 Å². The Hall–Kier alpha value is -7.68. The maximum absolute atomic E-state index is 12.1. The van der Waals surface area contributed by atoms with E-state index in [2.05, 4.69) is 143 Å². The van der Waals surface area contributed by atoms with Gasteiger partial charge >= 0.3 is 5.97 Å². The number of rotatable bonds is 18. The van der Waals surface area contributed by atoms with Gasteiger partial charge in [-0.2, -0.15) is 0 Å². The van der Waals surface area contributed by atoms with Gasteiger partial charge in [0.1, 0.15) is 12.4 Å². The van der Waals surface area contributed by atoms with Crippen molar-refractivity contribution in [1.29, 1.82) is 0 Å². The van der Waals surface area contributed by atoms with E-state index in [1.807, 2.05) is 60.9 Å². The molecule has 2 aromatic heterocycles. The SMILES string of the molecule is COCCOC(=O)CCc1ccc(N(c2ccccc2)c2ccc(-c3ccc(-c4ccc(-c5ccc(N(c6ccccc6)c6ccc(CCC(C)=O)cc6)cc5)cn4)nc3)cc2)cc1. The van der Waals surface area contributed by atoms with Crippen molar-refractivity contribution in [3.63, 3.8) is 0 Å². The molecule has 8 rings (SSSR count). The van der Waals surface area contributed by atoms with Gasteiger partial charge in [-0.3, -0.25) is 14.8 Å². The number of nitrogens with zero attached hydrogens (tertiary/aromatic N) is 4. The number of carbonyl (C=O) groups is 2. The van der Waals surface area contributed by atoms with Crippen molar-refractivity contribution in [2.75, 3.05) is 30.1 Å². The summed E-state index contributed by atoms with van der Waals surface area (Å²) in [6.45, 7) is 2.30. The molecule has 8 aromatic rings. The zero-order chi connectivity index (χ0) is 44.1. The third-order valence-corrected chi connectivity index (χ3v) is 11.1. The minimum atomic E-state index is -0.225. The van der Waals surface area contributed by atoms with Crippen molar-refractivity contribution in [2.24, 2.45) is 0 Å². The predicted octanol–water partition coefficient (Wildman–Crippen LogP) is 13.1. The number of hydrogen-bond donors (Lipinski definition) is 0. The summed E-state index contributed by atoms with van der Waals surface area (Å²) in [4.78, 5) is 37.7. The number of ketones is 1. The van der Waals surface area contributed by atoms with Crippen LogP contribution in [0.25, 0.3) is 33.6 Å². The zero-order valence-corrected chi connectivity index (χ0v) is 36.1. The molecule has 8 nitrogen and oxygen atoms in total. The minimum absolute atomic E-state index is 0.201. The molecule has 0 spiro atoms. The molecule has 0 saturated heterocycles. The number of methoxy groups -OCH3 is 1. The van der Waals surface area contributed by atoms with Gasteiger partial charge in [0.05, 0.1) is 18.0 Å². The molecule has 0 aliphatic carbocycles. The first kappa shape index (κ1) is 43.0. The van der Waals surface area contributed by atoms with Crippen LogP contribution in [0.2, 0.25) is 0 Å². The molecule has 0 aliphatic heterocycles. The Morgan fingerprint density at radius 2 is 0.812 bits per heavy atom. The third-order valence-electron chi connectivity index (χ3n) is 11.1. The number of hydrogen-bond acceptors (Lipinski definition) is 8. The molecule has 0 aliphatic rings. The molecule has 64 heavy (non-hydrogen) atoms. The monoisotopic (exact) mass is 842 g/mol. The number of aromatic nitrogens is 2. The second-order valence-electron chi connectivity index (χ2n) is 15.5. The summed E-state index contributed by atoms with van der Waals surface area (Å²) in [5.41, 5.74) is 14.2. The Morgan fingerprint density at radius 3 is 1.19 bits per heavy atom. The fourth-order valence-corrected chi connectivity index (χ4v) is 7.59. The normalized spacial score (nSPS) is 10.9. The van der Waals surface area contributed by atoms with Crippen molar-refractivity contribution in [2.45, 2.75) is 32.6 Å².